The summed E-state index contributed by atoms with van der Waals surface area (Å²) in [5.74, 6) is 0. The Balaban J connectivity index is 2.22. The minimum atomic E-state index is -3.23. The van der Waals surface area contributed by atoms with Crippen LogP contribution >= 0.6 is 11.6 Å². The van der Waals surface area contributed by atoms with Crippen molar-refractivity contribution in [3.8, 4) is 0 Å². The van der Waals surface area contributed by atoms with E-state index in [1.54, 1.807) is 18.6 Å². The molecule has 0 amide bonds. The molecule has 0 bridgehead atoms. The van der Waals surface area contributed by atoms with Gasteiger partial charge in [-0.15, -0.1) is 0 Å². The van der Waals surface area contributed by atoms with E-state index < -0.39 is 9.84 Å². The van der Waals surface area contributed by atoms with Gasteiger partial charge in [0.15, 0.2) is 9.84 Å². The van der Waals surface area contributed by atoms with Crippen molar-refractivity contribution in [2.24, 2.45) is 0 Å². The van der Waals surface area contributed by atoms with Crippen LogP contribution < -0.4 is 5.32 Å². The topological polar surface area (TPSA) is 59.3 Å². The van der Waals surface area contributed by atoms with E-state index in [2.05, 4.69) is 5.32 Å². The average molecular weight is 286 g/mol. The molecule has 1 N–H and O–H groups in total. The summed E-state index contributed by atoms with van der Waals surface area (Å²) in [6, 6.07) is 6.40. The fraction of sp³-hybridized carbons (Fsp3) is 0.167. The Kier molecular flexibility index (Phi) is 3.63. The van der Waals surface area contributed by atoms with Gasteiger partial charge in [-0.3, -0.25) is 0 Å². The van der Waals surface area contributed by atoms with Crippen LogP contribution in [0.2, 0.25) is 5.02 Å². The highest BCUT2D eigenvalue weighted by Gasteiger charge is 2.10. The summed E-state index contributed by atoms with van der Waals surface area (Å²) in [7, 11) is -3.23. The Morgan fingerprint density at radius 3 is 2.72 bits per heavy atom. The molecule has 1 aromatic heterocycles. The van der Waals surface area contributed by atoms with Gasteiger partial charge in [0, 0.05) is 18.4 Å². The zero-order valence-electron chi connectivity index (χ0n) is 9.68. The second-order valence-electron chi connectivity index (χ2n) is 3.90. The number of benzene rings is 1. The largest absolute Gasteiger partial charge is 0.472 e. The van der Waals surface area contributed by atoms with Crippen LogP contribution in [0.3, 0.4) is 0 Å². The molecule has 2 aromatic rings. The second-order valence-corrected chi connectivity index (χ2v) is 6.32. The Labute approximate surface area is 110 Å². The van der Waals surface area contributed by atoms with Gasteiger partial charge in [0.05, 0.1) is 28.1 Å². The number of halogens is 1. The molecule has 0 radical (unpaired) electrons. The van der Waals surface area contributed by atoms with Gasteiger partial charge in [-0.1, -0.05) is 11.6 Å². The molecule has 4 nitrogen and oxygen atoms in total. The van der Waals surface area contributed by atoms with E-state index >= 15 is 0 Å². The van der Waals surface area contributed by atoms with Crippen molar-refractivity contribution in [3.63, 3.8) is 0 Å². The predicted octanol–water partition coefficient (Wildman–Crippen LogP) is 2.95. The molecule has 0 atom stereocenters. The number of rotatable bonds is 4. The fourth-order valence-electron chi connectivity index (χ4n) is 1.46. The highest BCUT2D eigenvalue weighted by atomic mass is 35.5. The molecule has 0 aliphatic carbocycles. The van der Waals surface area contributed by atoms with Crippen molar-refractivity contribution < 1.29 is 12.8 Å². The lowest BCUT2D eigenvalue weighted by atomic mass is 10.3. The first-order chi connectivity index (χ1) is 8.47. The SMILES string of the molecule is CS(=O)(=O)c1ccc(Cl)c(NCc2ccoc2)c1. The molecule has 0 spiro atoms. The van der Waals surface area contributed by atoms with Crippen LogP contribution in [0.4, 0.5) is 5.69 Å². The van der Waals surface area contributed by atoms with Gasteiger partial charge in [-0.05, 0) is 24.3 Å². The molecule has 0 aliphatic rings. The smallest absolute Gasteiger partial charge is 0.175 e. The van der Waals surface area contributed by atoms with E-state index in [0.29, 0.717) is 17.3 Å². The molecule has 18 heavy (non-hydrogen) atoms. The van der Waals surface area contributed by atoms with Crippen LogP contribution in [0.5, 0.6) is 0 Å². The molecule has 0 fully saturated rings. The summed E-state index contributed by atoms with van der Waals surface area (Å²) in [5, 5.41) is 3.55. The third-order valence-corrected chi connectivity index (χ3v) is 3.87. The number of nitrogens with one attached hydrogen (secondary N) is 1. The van der Waals surface area contributed by atoms with Crippen molar-refractivity contribution >= 4 is 27.1 Å². The van der Waals surface area contributed by atoms with Crippen LogP contribution in [-0.4, -0.2) is 14.7 Å². The Morgan fingerprint density at radius 1 is 1.33 bits per heavy atom. The van der Waals surface area contributed by atoms with E-state index in [0.717, 1.165) is 11.8 Å². The normalized spacial score (nSPS) is 11.4. The molecule has 0 aliphatic heterocycles. The quantitative estimate of drug-likeness (QED) is 0.938. The Hall–Kier alpha value is -1.46. The summed E-state index contributed by atoms with van der Waals surface area (Å²) in [5.41, 5.74) is 1.54. The maximum atomic E-state index is 11.4. The van der Waals surface area contributed by atoms with Crippen molar-refractivity contribution in [1.82, 2.24) is 0 Å². The monoisotopic (exact) mass is 285 g/mol. The third-order valence-electron chi connectivity index (χ3n) is 2.43. The lowest BCUT2D eigenvalue weighted by Crippen LogP contribution is -2.02. The van der Waals surface area contributed by atoms with Crippen molar-refractivity contribution in [2.75, 3.05) is 11.6 Å². The van der Waals surface area contributed by atoms with Crippen LogP contribution in [0.1, 0.15) is 5.56 Å². The number of anilines is 1. The summed E-state index contributed by atoms with van der Waals surface area (Å²) in [4.78, 5) is 0.238. The van der Waals surface area contributed by atoms with E-state index in [1.807, 2.05) is 6.07 Å². The molecule has 0 saturated carbocycles. The first-order valence-electron chi connectivity index (χ1n) is 5.21. The van der Waals surface area contributed by atoms with Gasteiger partial charge < -0.3 is 9.73 Å². The van der Waals surface area contributed by atoms with Gasteiger partial charge in [-0.2, -0.15) is 0 Å². The van der Waals surface area contributed by atoms with Gasteiger partial charge >= 0.3 is 0 Å². The molecular weight excluding hydrogens is 274 g/mol. The summed E-state index contributed by atoms with van der Waals surface area (Å²) in [6.45, 7) is 0.517. The minimum Gasteiger partial charge on any atom is -0.472 e. The predicted molar refractivity (Wildman–Crippen MR) is 70.6 cm³/mol. The number of hydrogen-bond acceptors (Lipinski definition) is 4. The van der Waals surface area contributed by atoms with Crippen molar-refractivity contribution in [1.29, 1.82) is 0 Å². The van der Waals surface area contributed by atoms with E-state index in [-0.39, 0.29) is 4.90 Å². The van der Waals surface area contributed by atoms with E-state index in [9.17, 15) is 8.42 Å². The molecule has 0 unspecified atom stereocenters. The zero-order chi connectivity index (χ0) is 13.2. The highest BCUT2D eigenvalue weighted by molar-refractivity contribution is 7.90. The van der Waals surface area contributed by atoms with E-state index in [4.69, 9.17) is 16.0 Å². The van der Waals surface area contributed by atoms with Gasteiger partial charge in [0.25, 0.3) is 0 Å². The first-order valence-corrected chi connectivity index (χ1v) is 7.48. The van der Waals surface area contributed by atoms with Crippen LogP contribution in [0.15, 0.2) is 46.1 Å². The standard InChI is InChI=1S/C12H12ClNO3S/c1-18(15,16)10-2-3-11(13)12(6-10)14-7-9-4-5-17-8-9/h2-6,8,14H,7H2,1H3. The maximum absolute atomic E-state index is 11.4. The first kappa shape index (κ1) is 13.0. The molecule has 0 saturated heterocycles. The number of furan rings is 1. The van der Waals surface area contributed by atoms with Gasteiger partial charge in [0.1, 0.15) is 0 Å². The second kappa shape index (κ2) is 5.04. The van der Waals surface area contributed by atoms with Crippen molar-refractivity contribution in [3.05, 3.63) is 47.4 Å². The molecular formula is C12H12ClNO3S. The molecule has 6 heteroatoms. The van der Waals surface area contributed by atoms with Crippen molar-refractivity contribution in [2.45, 2.75) is 11.4 Å². The molecule has 2 rings (SSSR count). The van der Waals surface area contributed by atoms with Crippen LogP contribution in [0, 0.1) is 0 Å². The Bertz CT molecular complexity index is 635. The van der Waals surface area contributed by atoms with Gasteiger partial charge in [-0.25, -0.2) is 8.42 Å². The highest BCUT2D eigenvalue weighted by Crippen LogP contribution is 2.25. The lowest BCUT2D eigenvalue weighted by Gasteiger charge is -2.08. The fourth-order valence-corrected chi connectivity index (χ4v) is 2.29. The minimum absolute atomic E-state index is 0.238. The molecule has 1 aromatic carbocycles. The summed E-state index contributed by atoms with van der Waals surface area (Å²) >= 11 is 6.01. The molecule has 1 heterocycles. The van der Waals surface area contributed by atoms with E-state index in [1.165, 1.54) is 12.1 Å². The van der Waals surface area contributed by atoms with Crippen LogP contribution in [0.25, 0.3) is 0 Å². The number of sulfone groups is 1. The summed E-state index contributed by atoms with van der Waals surface area (Å²) < 4.78 is 27.8. The Morgan fingerprint density at radius 2 is 2.11 bits per heavy atom. The summed E-state index contributed by atoms with van der Waals surface area (Å²) in [6.07, 6.45) is 4.35. The number of hydrogen-bond donors (Lipinski definition) is 1. The van der Waals surface area contributed by atoms with Gasteiger partial charge in [0.2, 0.25) is 0 Å². The lowest BCUT2D eigenvalue weighted by molar-refractivity contribution is 0.564. The zero-order valence-corrected chi connectivity index (χ0v) is 11.3. The van der Waals surface area contributed by atoms with Crippen LogP contribution in [-0.2, 0) is 16.4 Å². The average Bonchev–Trinajstić information content (AvgIpc) is 2.79. The maximum Gasteiger partial charge on any atom is 0.175 e. The molecule has 96 valence electrons. The third kappa shape index (κ3) is 3.05.